The zero-order chi connectivity index (χ0) is 14.8. The van der Waals surface area contributed by atoms with E-state index in [0.717, 1.165) is 0 Å². The van der Waals surface area contributed by atoms with Crippen LogP contribution >= 0.6 is 0 Å². The van der Waals surface area contributed by atoms with Gasteiger partial charge in [0.05, 0.1) is 18.2 Å². The molecule has 1 saturated heterocycles. The Bertz CT molecular complexity index is 344. The number of morpholine rings is 1. The van der Waals surface area contributed by atoms with Crippen LogP contribution < -0.4 is 5.32 Å². The van der Waals surface area contributed by atoms with Gasteiger partial charge < -0.3 is 15.2 Å². The maximum Gasteiger partial charge on any atom is 0.252 e. The Morgan fingerprint density at radius 3 is 2.55 bits per heavy atom. The van der Waals surface area contributed by atoms with Crippen molar-refractivity contribution in [2.75, 3.05) is 6.61 Å². The fourth-order valence-corrected chi connectivity index (χ4v) is 3.22. The average Bonchev–Trinajstić information content (AvgIpc) is 2.40. The molecule has 2 rings (SSSR count). The summed E-state index contributed by atoms with van der Waals surface area (Å²) in [5.41, 5.74) is -1.54. The molecule has 0 unspecified atom stereocenters. The number of hydrogen-bond acceptors (Lipinski definition) is 3. The lowest BCUT2D eigenvalue weighted by molar-refractivity contribution is -0.161. The van der Waals surface area contributed by atoms with Gasteiger partial charge in [0.2, 0.25) is 0 Å². The van der Waals surface area contributed by atoms with Crippen LogP contribution in [0.3, 0.4) is 0 Å². The Hall–Kier alpha value is -0.610. The van der Waals surface area contributed by atoms with Gasteiger partial charge in [0, 0.05) is 0 Å². The van der Waals surface area contributed by atoms with Crippen molar-refractivity contribution in [2.45, 2.75) is 83.0 Å². The molecular formula is C16H29NO3. The largest absolute Gasteiger partial charge is 0.390 e. The highest BCUT2D eigenvalue weighted by molar-refractivity contribution is 5.85. The summed E-state index contributed by atoms with van der Waals surface area (Å²) in [7, 11) is 0. The zero-order valence-corrected chi connectivity index (χ0v) is 13.1. The SMILES string of the molecule is CC(C)(O)CC[C@@]1(C)OC[C@@H](C2CCCCC2)NC1=O. The molecule has 0 aromatic rings. The van der Waals surface area contributed by atoms with Gasteiger partial charge in [-0.05, 0) is 52.4 Å². The highest BCUT2D eigenvalue weighted by Crippen LogP contribution is 2.31. The average molecular weight is 283 g/mol. The summed E-state index contributed by atoms with van der Waals surface area (Å²) in [5, 5.41) is 13.0. The third-order valence-electron chi connectivity index (χ3n) is 4.81. The van der Waals surface area contributed by atoms with E-state index in [1.54, 1.807) is 13.8 Å². The lowest BCUT2D eigenvalue weighted by atomic mass is 9.82. The van der Waals surface area contributed by atoms with Crippen LogP contribution in [0, 0.1) is 5.92 Å². The van der Waals surface area contributed by atoms with Gasteiger partial charge in [0.15, 0.2) is 0 Å². The van der Waals surface area contributed by atoms with Crippen molar-refractivity contribution in [3.05, 3.63) is 0 Å². The van der Waals surface area contributed by atoms with Crippen LogP contribution in [0.15, 0.2) is 0 Å². The first-order valence-electron chi connectivity index (χ1n) is 7.97. The van der Waals surface area contributed by atoms with E-state index in [2.05, 4.69) is 5.32 Å². The highest BCUT2D eigenvalue weighted by atomic mass is 16.5. The molecule has 2 aliphatic rings. The first kappa shape index (κ1) is 15.8. The van der Waals surface area contributed by atoms with E-state index in [-0.39, 0.29) is 11.9 Å². The number of aliphatic hydroxyl groups is 1. The summed E-state index contributed by atoms with van der Waals surface area (Å²) in [6.45, 7) is 5.98. The molecule has 2 atom stereocenters. The van der Waals surface area contributed by atoms with Crippen molar-refractivity contribution in [1.82, 2.24) is 5.32 Å². The van der Waals surface area contributed by atoms with Crippen molar-refractivity contribution in [1.29, 1.82) is 0 Å². The molecule has 0 aromatic carbocycles. The molecule has 1 aliphatic carbocycles. The fourth-order valence-electron chi connectivity index (χ4n) is 3.22. The molecule has 0 aromatic heterocycles. The second-order valence-electron chi connectivity index (χ2n) is 7.33. The second kappa shape index (κ2) is 6.02. The van der Waals surface area contributed by atoms with Gasteiger partial charge in [-0.2, -0.15) is 0 Å². The van der Waals surface area contributed by atoms with Crippen LogP contribution in [0.4, 0.5) is 0 Å². The normalized spacial score (nSPS) is 33.0. The molecule has 1 aliphatic heterocycles. The first-order valence-corrected chi connectivity index (χ1v) is 7.97. The molecule has 20 heavy (non-hydrogen) atoms. The van der Waals surface area contributed by atoms with E-state index in [1.807, 2.05) is 6.92 Å². The number of carbonyl (C=O) groups is 1. The van der Waals surface area contributed by atoms with Crippen LogP contribution in [-0.4, -0.2) is 34.9 Å². The van der Waals surface area contributed by atoms with E-state index in [1.165, 1.54) is 32.1 Å². The monoisotopic (exact) mass is 283 g/mol. The molecule has 4 nitrogen and oxygen atoms in total. The maximum atomic E-state index is 12.4. The highest BCUT2D eigenvalue weighted by Gasteiger charge is 2.42. The predicted octanol–water partition coefficient (Wildman–Crippen LogP) is 2.39. The molecule has 1 heterocycles. The lowest BCUT2D eigenvalue weighted by Gasteiger charge is -2.41. The number of carbonyl (C=O) groups excluding carboxylic acids is 1. The number of hydrogen-bond donors (Lipinski definition) is 2. The van der Waals surface area contributed by atoms with Crippen molar-refractivity contribution in [3.8, 4) is 0 Å². The summed E-state index contributed by atoms with van der Waals surface area (Å²) in [6, 6.07) is 0.179. The summed E-state index contributed by atoms with van der Waals surface area (Å²) in [5.74, 6) is 0.565. The van der Waals surface area contributed by atoms with Gasteiger partial charge in [0.25, 0.3) is 5.91 Å². The Balaban J connectivity index is 1.89. The molecule has 0 radical (unpaired) electrons. The van der Waals surface area contributed by atoms with Gasteiger partial charge in [0.1, 0.15) is 5.60 Å². The molecule has 4 heteroatoms. The molecule has 1 saturated carbocycles. The number of amides is 1. The van der Waals surface area contributed by atoms with Crippen LogP contribution in [0.25, 0.3) is 0 Å². The number of ether oxygens (including phenoxy) is 1. The van der Waals surface area contributed by atoms with E-state index in [9.17, 15) is 9.90 Å². The van der Waals surface area contributed by atoms with E-state index in [0.29, 0.717) is 25.4 Å². The van der Waals surface area contributed by atoms with Gasteiger partial charge in [-0.25, -0.2) is 0 Å². The van der Waals surface area contributed by atoms with Gasteiger partial charge in [-0.1, -0.05) is 19.3 Å². The Kier molecular flexibility index (Phi) is 4.75. The van der Waals surface area contributed by atoms with Gasteiger partial charge in [-0.3, -0.25) is 4.79 Å². The molecule has 2 fully saturated rings. The van der Waals surface area contributed by atoms with Crippen molar-refractivity contribution in [2.24, 2.45) is 5.92 Å². The van der Waals surface area contributed by atoms with Crippen LogP contribution in [0.1, 0.15) is 65.7 Å². The van der Waals surface area contributed by atoms with Crippen molar-refractivity contribution < 1.29 is 14.6 Å². The third-order valence-corrected chi connectivity index (χ3v) is 4.81. The zero-order valence-electron chi connectivity index (χ0n) is 13.1. The molecule has 1 amide bonds. The Morgan fingerprint density at radius 2 is 2.00 bits per heavy atom. The Morgan fingerprint density at radius 1 is 1.35 bits per heavy atom. The first-order chi connectivity index (χ1) is 9.30. The summed E-state index contributed by atoms with van der Waals surface area (Å²) in [4.78, 5) is 12.4. The number of rotatable bonds is 4. The second-order valence-corrected chi connectivity index (χ2v) is 7.33. The third kappa shape index (κ3) is 3.95. The quantitative estimate of drug-likeness (QED) is 0.833. The van der Waals surface area contributed by atoms with E-state index >= 15 is 0 Å². The smallest absolute Gasteiger partial charge is 0.252 e. The fraction of sp³-hybridized carbons (Fsp3) is 0.938. The molecule has 0 bridgehead atoms. The molecule has 2 N–H and O–H groups in total. The minimum atomic E-state index is -0.787. The Labute approximate surface area is 122 Å². The topological polar surface area (TPSA) is 58.6 Å². The predicted molar refractivity (Wildman–Crippen MR) is 78.4 cm³/mol. The maximum absolute atomic E-state index is 12.4. The van der Waals surface area contributed by atoms with Crippen molar-refractivity contribution in [3.63, 3.8) is 0 Å². The molecular weight excluding hydrogens is 254 g/mol. The summed E-state index contributed by atoms with van der Waals surface area (Å²) in [6.07, 6.45) is 7.38. The molecule has 116 valence electrons. The minimum absolute atomic E-state index is 0.0106. The standard InChI is InChI=1S/C16H29NO3/c1-15(2,19)9-10-16(3)14(18)17-13(11-20-16)12-7-5-4-6-8-12/h12-13,19H,4-11H2,1-3H3,(H,17,18)/t13-,16+/m0/s1. The van der Waals surface area contributed by atoms with Crippen LogP contribution in [0.2, 0.25) is 0 Å². The van der Waals surface area contributed by atoms with Crippen LogP contribution in [0.5, 0.6) is 0 Å². The van der Waals surface area contributed by atoms with Gasteiger partial charge in [-0.15, -0.1) is 0 Å². The molecule has 0 spiro atoms. The van der Waals surface area contributed by atoms with Crippen molar-refractivity contribution >= 4 is 5.91 Å². The van der Waals surface area contributed by atoms with Gasteiger partial charge >= 0.3 is 0 Å². The summed E-state index contributed by atoms with van der Waals surface area (Å²) < 4.78 is 5.92. The summed E-state index contributed by atoms with van der Waals surface area (Å²) >= 11 is 0. The lowest BCUT2D eigenvalue weighted by Crippen LogP contribution is -2.60. The van der Waals surface area contributed by atoms with Crippen LogP contribution in [-0.2, 0) is 9.53 Å². The van der Waals surface area contributed by atoms with E-state index < -0.39 is 11.2 Å². The van der Waals surface area contributed by atoms with E-state index in [4.69, 9.17) is 4.74 Å². The number of nitrogens with one attached hydrogen (secondary N) is 1. The minimum Gasteiger partial charge on any atom is -0.390 e.